The van der Waals surface area contributed by atoms with E-state index < -0.39 is 5.97 Å². The number of imidazole rings is 1. The summed E-state index contributed by atoms with van der Waals surface area (Å²) in [5, 5.41) is 19.3. The molecule has 4 aromatic rings. The van der Waals surface area contributed by atoms with Crippen LogP contribution in [0.25, 0.3) is 22.6 Å². The number of halogens is 1. The van der Waals surface area contributed by atoms with Crippen LogP contribution in [0.4, 0.5) is 0 Å². The van der Waals surface area contributed by atoms with Gasteiger partial charge in [0.25, 0.3) is 0 Å². The Morgan fingerprint density at radius 1 is 1.26 bits per heavy atom. The smallest absolute Gasteiger partial charge is 0.306 e. The average Bonchev–Trinajstić information content (AvgIpc) is 3.52. The number of hydrogen-bond acceptors (Lipinski definition) is 6. The summed E-state index contributed by atoms with van der Waals surface area (Å²) < 4.78 is 8.15. The minimum Gasteiger partial charge on any atom is -0.481 e. The lowest BCUT2D eigenvalue weighted by atomic mass is 10.0. The highest BCUT2D eigenvalue weighted by molar-refractivity contribution is 6.33. The van der Waals surface area contributed by atoms with E-state index in [2.05, 4.69) is 23.0 Å². The molecule has 1 atom stereocenters. The zero-order valence-corrected chi connectivity index (χ0v) is 22.1. The van der Waals surface area contributed by atoms with Crippen LogP contribution < -0.4 is 4.74 Å². The van der Waals surface area contributed by atoms with Gasteiger partial charge < -0.3 is 14.4 Å². The number of hydrogen-bond donors (Lipinski definition) is 1. The van der Waals surface area contributed by atoms with Gasteiger partial charge >= 0.3 is 5.97 Å². The van der Waals surface area contributed by atoms with Gasteiger partial charge in [-0.25, -0.2) is 9.97 Å². The van der Waals surface area contributed by atoms with Crippen LogP contribution in [0.15, 0.2) is 48.8 Å². The van der Waals surface area contributed by atoms with Crippen LogP contribution in [-0.4, -0.2) is 36.2 Å². The summed E-state index contributed by atoms with van der Waals surface area (Å²) in [5.74, 6) is -0.118. The van der Waals surface area contributed by atoms with Crippen molar-refractivity contribution in [2.75, 3.05) is 0 Å². The lowest BCUT2D eigenvalue weighted by molar-refractivity contribution is -0.141. The Kier molecular flexibility index (Phi) is 7.04. The highest BCUT2D eigenvalue weighted by Gasteiger charge is 2.41. The number of nitriles is 1. The van der Waals surface area contributed by atoms with Gasteiger partial charge in [0.1, 0.15) is 17.8 Å². The van der Waals surface area contributed by atoms with E-state index in [1.54, 1.807) is 13.0 Å². The van der Waals surface area contributed by atoms with Gasteiger partial charge in [0.05, 0.1) is 29.1 Å². The number of rotatable bonds is 10. The number of fused-ring (bicyclic) bond motifs is 1. The lowest BCUT2D eigenvalue weighted by Gasteiger charge is -2.13. The molecule has 0 radical (unpaired) electrons. The minimum absolute atomic E-state index is 0.240. The summed E-state index contributed by atoms with van der Waals surface area (Å²) in [7, 11) is 0. The van der Waals surface area contributed by atoms with E-state index in [0.29, 0.717) is 46.4 Å². The number of carboxylic acid groups (broad SMARTS) is 1. The fourth-order valence-electron chi connectivity index (χ4n) is 4.43. The maximum atomic E-state index is 11.1. The Hall–Kier alpha value is -3.96. The summed E-state index contributed by atoms with van der Waals surface area (Å²) >= 11 is 6.81. The Labute approximate surface area is 225 Å². The number of aryl methyl sites for hydroxylation is 1. The van der Waals surface area contributed by atoms with E-state index in [0.717, 1.165) is 42.4 Å². The normalized spacial score (nSPS) is 14.7. The molecule has 0 saturated heterocycles. The Balaban J connectivity index is 1.54. The SMILES string of the molecule is CC(CCCc1ccc(-c2nc3c(OC4(C)CC4)ncnc3n2Cc2ccccc2C#N)c(Cl)c1)C(=O)O. The summed E-state index contributed by atoms with van der Waals surface area (Å²) in [6.45, 7) is 4.14. The second kappa shape index (κ2) is 10.4. The first-order valence-electron chi connectivity index (χ1n) is 12.7. The first-order valence-corrected chi connectivity index (χ1v) is 13.1. The quantitative estimate of drug-likeness (QED) is 0.266. The average molecular weight is 530 g/mol. The maximum absolute atomic E-state index is 11.1. The van der Waals surface area contributed by atoms with E-state index >= 15 is 0 Å². The molecule has 5 rings (SSSR count). The van der Waals surface area contributed by atoms with E-state index in [4.69, 9.17) is 26.4 Å². The first kappa shape index (κ1) is 25.7. The third-order valence-electron chi connectivity index (χ3n) is 7.06. The van der Waals surface area contributed by atoms with Crippen LogP contribution in [0.1, 0.15) is 56.2 Å². The molecule has 0 spiro atoms. The fraction of sp³-hybridized carbons (Fsp3) is 0.345. The number of carboxylic acids is 1. The number of benzene rings is 2. The van der Waals surface area contributed by atoms with Crippen molar-refractivity contribution in [3.8, 4) is 23.3 Å². The maximum Gasteiger partial charge on any atom is 0.306 e. The van der Waals surface area contributed by atoms with Gasteiger partial charge in [0.15, 0.2) is 11.2 Å². The van der Waals surface area contributed by atoms with Crippen LogP contribution >= 0.6 is 11.6 Å². The molecule has 1 unspecified atom stereocenters. The topological polar surface area (TPSA) is 114 Å². The van der Waals surface area contributed by atoms with Crippen molar-refractivity contribution in [1.29, 1.82) is 5.26 Å². The predicted octanol–water partition coefficient (Wildman–Crippen LogP) is 6.04. The molecule has 194 valence electrons. The van der Waals surface area contributed by atoms with E-state index in [9.17, 15) is 10.1 Å². The van der Waals surface area contributed by atoms with Gasteiger partial charge in [-0.3, -0.25) is 4.79 Å². The Bertz CT molecular complexity index is 1550. The zero-order chi connectivity index (χ0) is 26.9. The van der Waals surface area contributed by atoms with Crippen LogP contribution in [0.3, 0.4) is 0 Å². The molecular weight excluding hydrogens is 502 g/mol. The zero-order valence-electron chi connectivity index (χ0n) is 21.3. The molecule has 1 aliphatic carbocycles. The molecule has 38 heavy (non-hydrogen) atoms. The highest BCUT2D eigenvalue weighted by atomic mass is 35.5. The van der Waals surface area contributed by atoms with Gasteiger partial charge in [-0.2, -0.15) is 10.2 Å². The second-order valence-corrected chi connectivity index (χ2v) is 10.5. The Morgan fingerprint density at radius 2 is 2.05 bits per heavy atom. The van der Waals surface area contributed by atoms with E-state index in [1.165, 1.54) is 6.33 Å². The van der Waals surface area contributed by atoms with Gasteiger partial charge in [0, 0.05) is 5.56 Å². The van der Waals surface area contributed by atoms with Crippen LogP contribution in [0.5, 0.6) is 5.88 Å². The molecule has 0 amide bonds. The number of aliphatic carboxylic acids is 1. The minimum atomic E-state index is -0.780. The van der Waals surface area contributed by atoms with Crippen LogP contribution in [-0.2, 0) is 17.8 Å². The largest absolute Gasteiger partial charge is 0.481 e. The highest BCUT2D eigenvalue weighted by Crippen LogP contribution is 2.41. The number of nitrogens with zero attached hydrogens (tertiary/aromatic N) is 5. The summed E-state index contributed by atoms with van der Waals surface area (Å²) in [6, 6.07) is 15.5. The molecule has 1 aliphatic rings. The summed E-state index contributed by atoms with van der Waals surface area (Å²) in [5.41, 5.74) is 4.08. The van der Waals surface area contributed by atoms with Crippen molar-refractivity contribution < 1.29 is 14.6 Å². The van der Waals surface area contributed by atoms with Crippen molar-refractivity contribution >= 4 is 28.7 Å². The van der Waals surface area contributed by atoms with Gasteiger partial charge in [-0.1, -0.05) is 42.8 Å². The molecule has 2 aromatic carbocycles. The summed E-state index contributed by atoms with van der Waals surface area (Å²) in [6.07, 6.45) is 5.47. The van der Waals surface area contributed by atoms with Crippen molar-refractivity contribution in [3.63, 3.8) is 0 Å². The van der Waals surface area contributed by atoms with Gasteiger partial charge in [0.2, 0.25) is 5.88 Å². The van der Waals surface area contributed by atoms with Crippen LogP contribution in [0.2, 0.25) is 5.02 Å². The molecule has 1 saturated carbocycles. The van der Waals surface area contributed by atoms with Crippen LogP contribution in [0, 0.1) is 17.2 Å². The fourth-order valence-corrected chi connectivity index (χ4v) is 4.71. The standard InChI is InChI=1S/C29H28ClN5O3/c1-18(28(36)37)6-5-7-19-10-11-22(23(30)14-19)25-34-24-26(32-17-33-27(24)38-29(2)12-13-29)35(25)16-21-9-4-3-8-20(21)15-31/h3-4,8-11,14,17-18H,5-7,12-13,16H2,1-2H3,(H,36,37). The third kappa shape index (κ3) is 5.34. The molecule has 1 N–H and O–H groups in total. The van der Waals surface area contributed by atoms with E-state index in [-0.39, 0.29) is 11.5 Å². The van der Waals surface area contributed by atoms with Crippen molar-refractivity contribution in [2.45, 2.75) is 58.1 Å². The van der Waals surface area contributed by atoms with Crippen molar-refractivity contribution in [2.24, 2.45) is 5.92 Å². The molecular formula is C29H28ClN5O3. The predicted molar refractivity (Wildman–Crippen MR) is 144 cm³/mol. The first-order chi connectivity index (χ1) is 18.3. The van der Waals surface area contributed by atoms with Crippen molar-refractivity contribution in [3.05, 3.63) is 70.5 Å². The van der Waals surface area contributed by atoms with Crippen molar-refractivity contribution in [1.82, 2.24) is 19.5 Å². The molecule has 2 aromatic heterocycles. The van der Waals surface area contributed by atoms with Gasteiger partial charge in [-0.05, 0) is 68.4 Å². The molecule has 2 heterocycles. The number of ether oxygens (including phenoxy) is 1. The monoisotopic (exact) mass is 529 g/mol. The third-order valence-corrected chi connectivity index (χ3v) is 7.37. The number of carbonyl (C=O) groups is 1. The Morgan fingerprint density at radius 3 is 2.76 bits per heavy atom. The molecule has 8 nitrogen and oxygen atoms in total. The molecule has 0 bridgehead atoms. The van der Waals surface area contributed by atoms with Gasteiger partial charge in [-0.15, -0.1) is 0 Å². The summed E-state index contributed by atoms with van der Waals surface area (Å²) in [4.78, 5) is 25.0. The lowest BCUT2D eigenvalue weighted by Crippen LogP contribution is -2.13. The molecule has 1 fully saturated rings. The second-order valence-electron chi connectivity index (χ2n) is 10.1. The van der Waals surface area contributed by atoms with E-state index in [1.807, 2.05) is 41.0 Å². The molecule has 0 aliphatic heterocycles. The molecule has 9 heteroatoms. The number of aromatic nitrogens is 4.